The van der Waals surface area contributed by atoms with Crippen LogP contribution in [0.3, 0.4) is 0 Å². The lowest BCUT2D eigenvalue weighted by atomic mass is 10.0. The van der Waals surface area contributed by atoms with Gasteiger partial charge < -0.3 is 9.64 Å². The van der Waals surface area contributed by atoms with Gasteiger partial charge >= 0.3 is 12.3 Å². The first kappa shape index (κ1) is 14.8. The second kappa shape index (κ2) is 4.78. The number of ketones is 1. The van der Waals surface area contributed by atoms with Crippen LogP contribution in [0.2, 0.25) is 0 Å². The number of carbonyl (C=O) groups is 2. The first-order valence-corrected chi connectivity index (χ1v) is 5.59. The fourth-order valence-corrected chi connectivity index (χ4v) is 1.70. The minimum atomic E-state index is -4.84. The van der Waals surface area contributed by atoms with E-state index >= 15 is 0 Å². The molecule has 0 radical (unpaired) electrons. The number of amides is 1. The molecule has 0 aromatic heterocycles. The van der Waals surface area contributed by atoms with Gasteiger partial charge in [0.2, 0.25) is 5.78 Å². The summed E-state index contributed by atoms with van der Waals surface area (Å²) in [5.41, 5.74) is -0.705. The molecule has 4 nitrogen and oxygen atoms in total. The zero-order chi connectivity index (χ0) is 14.1. The van der Waals surface area contributed by atoms with Gasteiger partial charge in [0.25, 0.3) is 0 Å². The molecule has 1 atom stereocenters. The highest BCUT2D eigenvalue weighted by atomic mass is 19.4. The van der Waals surface area contributed by atoms with Crippen LogP contribution in [0.25, 0.3) is 0 Å². The van der Waals surface area contributed by atoms with E-state index in [2.05, 4.69) is 0 Å². The standard InChI is InChI=1S/C11H16F3NO3/c1-10(2,3)18-9(17)15-5-4-7(6-15)8(16)11(12,13)14/h7H,4-6H2,1-3H3. The third-order valence-electron chi connectivity index (χ3n) is 2.49. The van der Waals surface area contributed by atoms with E-state index < -0.39 is 29.6 Å². The summed E-state index contributed by atoms with van der Waals surface area (Å²) in [5, 5.41) is 0. The maximum absolute atomic E-state index is 12.2. The number of rotatable bonds is 1. The summed E-state index contributed by atoms with van der Waals surface area (Å²) in [4.78, 5) is 23.7. The maximum Gasteiger partial charge on any atom is 0.450 e. The van der Waals surface area contributed by atoms with Crippen molar-refractivity contribution in [3.8, 4) is 0 Å². The van der Waals surface area contributed by atoms with Gasteiger partial charge in [-0.25, -0.2) is 4.79 Å². The topological polar surface area (TPSA) is 46.6 Å². The average molecular weight is 267 g/mol. The van der Waals surface area contributed by atoms with Crippen molar-refractivity contribution in [1.82, 2.24) is 4.90 Å². The zero-order valence-electron chi connectivity index (χ0n) is 10.5. The summed E-state index contributed by atoms with van der Waals surface area (Å²) in [6, 6.07) is 0. The molecule has 1 rings (SSSR count). The smallest absolute Gasteiger partial charge is 0.444 e. The van der Waals surface area contributed by atoms with Crippen LogP contribution in [0.1, 0.15) is 27.2 Å². The number of ether oxygens (including phenoxy) is 1. The first-order chi connectivity index (χ1) is 8.00. The monoisotopic (exact) mass is 267 g/mol. The Kier molecular flexibility index (Phi) is 3.92. The molecule has 1 aliphatic heterocycles. The number of nitrogens with zero attached hydrogens (tertiary/aromatic N) is 1. The Labute approximate surface area is 103 Å². The number of halogens is 3. The molecule has 1 heterocycles. The summed E-state index contributed by atoms with van der Waals surface area (Å²) in [6.07, 6.45) is -5.49. The second-order valence-corrected chi connectivity index (χ2v) is 5.27. The normalized spacial score (nSPS) is 21.0. The lowest BCUT2D eigenvalue weighted by molar-refractivity contribution is -0.175. The second-order valence-electron chi connectivity index (χ2n) is 5.27. The van der Waals surface area contributed by atoms with E-state index in [1.165, 1.54) is 0 Å². The van der Waals surface area contributed by atoms with Crippen molar-refractivity contribution in [3.05, 3.63) is 0 Å². The van der Waals surface area contributed by atoms with Gasteiger partial charge in [0.15, 0.2) is 0 Å². The van der Waals surface area contributed by atoms with E-state index in [0.717, 1.165) is 4.90 Å². The van der Waals surface area contributed by atoms with Gasteiger partial charge in [-0.1, -0.05) is 0 Å². The molecule has 0 aromatic carbocycles. The van der Waals surface area contributed by atoms with E-state index in [4.69, 9.17) is 4.74 Å². The van der Waals surface area contributed by atoms with Crippen LogP contribution >= 0.6 is 0 Å². The minimum Gasteiger partial charge on any atom is -0.444 e. The van der Waals surface area contributed by atoms with Crippen molar-refractivity contribution in [3.63, 3.8) is 0 Å². The molecule has 0 aromatic rings. The molecule has 1 amide bonds. The molecule has 0 bridgehead atoms. The SMILES string of the molecule is CC(C)(C)OC(=O)N1CCC(C(=O)C(F)(F)F)C1. The number of Topliss-reactive ketones (excluding diaryl/α,β-unsaturated/α-hetero) is 1. The molecule has 104 valence electrons. The molecular formula is C11H16F3NO3. The van der Waals surface area contributed by atoms with E-state index in [1.807, 2.05) is 0 Å². The number of carbonyl (C=O) groups excluding carboxylic acids is 2. The predicted molar refractivity (Wildman–Crippen MR) is 57.0 cm³/mol. The van der Waals surface area contributed by atoms with Gasteiger partial charge in [-0.3, -0.25) is 4.79 Å². The van der Waals surface area contributed by atoms with Gasteiger partial charge in [0.05, 0.1) is 0 Å². The zero-order valence-corrected chi connectivity index (χ0v) is 10.5. The Hall–Kier alpha value is -1.27. The van der Waals surface area contributed by atoms with E-state index in [0.29, 0.717) is 0 Å². The molecule has 1 aliphatic rings. The molecule has 18 heavy (non-hydrogen) atoms. The summed E-state index contributed by atoms with van der Waals surface area (Å²) in [6.45, 7) is 4.88. The van der Waals surface area contributed by atoms with Crippen molar-refractivity contribution in [2.45, 2.75) is 39.0 Å². The third-order valence-corrected chi connectivity index (χ3v) is 2.49. The van der Waals surface area contributed by atoms with Crippen LogP contribution in [-0.4, -0.2) is 41.6 Å². The van der Waals surface area contributed by atoms with Crippen LogP contribution < -0.4 is 0 Å². The molecule has 0 aliphatic carbocycles. The maximum atomic E-state index is 12.2. The van der Waals surface area contributed by atoms with Crippen molar-refractivity contribution >= 4 is 11.9 Å². The van der Waals surface area contributed by atoms with Crippen molar-refractivity contribution in [2.75, 3.05) is 13.1 Å². The van der Waals surface area contributed by atoms with E-state index in [1.54, 1.807) is 20.8 Å². The Morgan fingerprint density at radius 1 is 1.22 bits per heavy atom. The lowest BCUT2D eigenvalue weighted by Crippen LogP contribution is -2.37. The van der Waals surface area contributed by atoms with Crippen molar-refractivity contribution in [1.29, 1.82) is 0 Å². The molecule has 7 heteroatoms. The minimum absolute atomic E-state index is 0.0254. The highest BCUT2D eigenvalue weighted by Crippen LogP contribution is 2.27. The first-order valence-electron chi connectivity index (χ1n) is 5.59. The molecule has 0 saturated carbocycles. The third kappa shape index (κ3) is 3.89. The summed E-state index contributed by atoms with van der Waals surface area (Å²) in [7, 11) is 0. The summed E-state index contributed by atoms with van der Waals surface area (Å²) in [5.74, 6) is -2.94. The number of alkyl halides is 3. The Balaban J connectivity index is 2.57. The fourth-order valence-electron chi connectivity index (χ4n) is 1.70. The van der Waals surface area contributed by atoms with Crippen LogP contribution in [0.5, 0.6) is 0 Å². The molecule has 1 saturated heterocycles. The fraction of sp³-hybridized carbons (Fsp3) is 0.818. The predicted octanol–water partition coefficient (Wildman–Crippen LogP) is 2.37. The van der Waals surface area contributed by atoms with Gasteiger partial charge in [-0.05, 0) is 27.2 Å². The number of hydrogen-bond acceptors (Lipinski definition) is 3. The van der Waals surface area contributed by atoms with Gasteiger partial charge in [0.1, 0.15) is 5.60 Å². The molecule has 1 fully saturated rings. The lowest BCUT2D eigenvalue weighted by Gasteiger charge is -2.24. The van der Waals surface area contributed by atoms with E-state index in [9.17, 15) is 22.8 Å². The van der Waals surface area contributed by atoms with Gasteiger partial charge in [-0.2, -0.15) is 13.2 Å². The van der Waals surface area contributed by atoms with Crippen molar-refractivity contribution in [2.24, 2.45) is 5.92 Å². The highest BCUT2D eigenvalue weighted by molar-refractivity contribution is 5.87. The Morgan fingerprint density at radius 3 is 2.22 bits per heavy atom. The van der Waals surface area contributed by atoms with Crippen LogP contribution in [-0.2, 0) is 9.53 Å². The molecule has 0 spiro atoms. The molecule has 1 unspecified atom stereocenters. The highest BCUT2D eigenvalue weighted by Gasteiger charge is 2.46. The number of likely N-dealkylation sites (tertiary alicyclic amines) is 1. The van der Waals surface area contributed by atoms with Crippen LogP contribution in [0.4, 0.5) is 18.0 Å². The molecule has 0 N–H and O–H groups in total. The Bertz CT molecular complexity index is 346. The Morgan fingerprint density at radius 2 is 1.78 bits per heavy atom. The van der Waals surface area contributed by atoms with Gasteiger partial charge in [0, 0.05) is 19.0 Å². The average Bonchev–Trinajstić information content (AvgIpc) is 2.60. The quantitative estimate of drug-likeness (QED) is 0.732. The number of hydrogen-bond donors (Lipinski definition) is 0. The van der Waals surface area contributed by atoms with Gasteiger partial charge in [-0.15, -0.1) is 0 Å². The van der Waals surface area contributed by atoms with Crippen molar-refractivity contribution < 1.29 is 27.5 Å². The summed E-state index contributed by atoms with van der Waals surface area (Å²) < 4.78 is 41.7. The van der Waals surface area contributed by atoms with Crippen LogP contribution in [0.15, 0.2) is 0 Å². The van der Waals surface area contributed by atoms with E-state index in [-0.39, 0.29) is 19.5 Å². The molecular weight excluding hydrogens is 251 g/mol. The largest absolute Gasteiger partial charge is 0.450 e. The summed E-state index contributed by atoms with van der Waals surface area (Å²) >= 11 is 0. The van der Waals surface area contributed by atoms with Crippen LogP contribution in [0, 0.1) is 5.92 Å².